The highest BCUT2D eigenvalue weighted by atomic mass is 16.5. The van der Waals surface area contributed by atoms with Gasteiger partial charge in [0.25, 0.3) is 0 Å². The smallest absolute Gasteiger partial charge is 0.307 e. The van der Waals surface area contributed by atoms with Crippen LogP contribution in [0.5, 0.6) is 0 Å². The molecule has 0 aromatic heterocycles. The number of hydrogen-bond donors (Lipinski definition) is 1. The van der Waals surface area contributed by atoms with E-state index >= 15 is 0 Å². The van der Waals surface area contributed by atoms with Crippen LogP contribution in [0.4, 0.5) is 0 Å². The average Bonchev–Trinajstić information content (AvgIpc) is 2.42. The Hall–Kier alpha value is -1.50. The van der Waals surface area contributed by atoms with E-state index in [9.17, 15) is 9.59 Å². The fraction of sp³-hybridized carbons (Fsp3) is 0.750. The average molecular weight is 282 g/mol. The first-order valence-corrected chi connectivity index (χ1v) is 7.50. The summed E-state index contributed by atoms with van der Waals surface area (Å²) in [5, 5.41) is 8.39. The molecule has 4 nitrogen and oxygen atoms in total. The zero-order chi connectivity index (χ0) is 15.1. The van der Waals surface area contributed by atoms with Crippen molar-refractivity contribution >= 4 is 11.9 Å². The molecule has 0 aromatic carbocycles. The van der Waals surface area contributed by atoms with E-state index < -0.39 is 11.9 Å². The van der Waals surface area contributed by atoms with Gasteiger partial charge in [-0.25, -0.2) is 0 Å². The number of ether oxygens (including phenoxy) is 1. The number of carbonyl (C=O) groups is 2. The molecule has 0 bridgehead atoms. The third-order valence-electron chi connectivity index (χ3n) is 2.88. The number of carbonyl (C=O) groups excluding carboxylic acids is 1. The van der Waals surface area contributed by atoms with Crippen molar-refractivity contribution in [2.75, 3.05) is 6.61 Å². The number of esters is 1. The second-order valence-corrected chi connectivity index (χ2v) is 4.78. The maximum Gasteiger partial charge on any atom is 0.307 e. The molecule has 0 amide bonds. The van der Waals surface area contributed by atoms with Crippen molar-refractivity contribution in [2.24, 2.45) is 0 Å². The van der Waals surface area contributed by atoms with E-state index in [4.69, 9.17) is 9.84 Å². The molecule has 0 heterocycles. The van der Waals surface area contributed by atoms with Crippen molar-refractivity contribution in [2.45, 2.75) is 71.1 Å². The summed E-state index contributed by atoms with van der Waals surface area (Å²) < 4.78 is 4.79. The zero-order valence-corrected chi connectivity index (χ0v) is 12.5. The number of carboxylic acids is 1. The second-order valence-electron chi connectivity index (χ2n) is 4.78. The van der Waals surface area contributed by atoms with Gasteiger partial charge >= 0.3 is 11.9 Å². The van der Waals surface area contributed by atoms with E-state index in [0.29, 0.717) is 0 Å². The Balaban J connectivity index is 3.32. The predicted octanol–water partition coefficient (Wildman–Crippen LogP) is 3.54. The molecule has 0 radical (unpaired) electrons. The minimum atomic E-state index is -0.994. The Labute approximate surface area is 121 Å². The summed E-state index contributed by atoms with van der Waals surface area (Å²) in [5.74, 6) is 4.24. The molecule has 0 fully saturated rings. The quantitative estimate of drug-likeness (QED) is 0.357. The lowest BCUT2D eigenvalue weighted by Gasteiger charge is -1.98. The molecule has 0 aromatic rings. The van der Waals surface area contributed by atoms with Crippen LogP contribution in [0.2, 0.25) is 0 Å². The standard InChI is InChI=1S/C16H26O4/c1-2-3-4-5-6-7-8-9-10-11-14-20-16(19)13-12-15(17)18/h2-9,12-14H2,1H3,(H,17,18). The number of hydrogen-bond acceptors (Lipinski definition) is 3. The van der Waals surface area contributed by atoms with Gasteiger partial charge in [-0.1, -0.05) is 57.3 Å². The molecule has 0 atom stereocenters. The Kier molecular flexibility index (Phi) is 12.9. The minimum Gasteiger partial charge on any atom is -0.481 e. The van der Waals surface area contributed by atoms with Gasteiger partial charge in [-0.15, -0.1) is 0 Å². The fourth-order valence-electron chi connectivity index (χ4n) is 1.71. The molecule has 0 rings (SSSR count). The van der Waals surface area contributed by atoms with Crippen molar-refractivity contribution in [1.82, 2.24) is 0 Å². The summed E-state index contributed by atoms with van der Waals surface area (Å²) in [5.41, 5.74) is 0. The van der Waals surface area contributed by atoms with Crippen LogP contribution < -0.4 is 0 Å². The van der Waals surface area contributed by atoms with Crippen LogP contribution in [0, 0.1) is 11.8 Å². The van der Waals surface area contributed by atoms with E-state index in [1.807, 2.05) is 0 Å². The largest absolute Gasteiger partial charge is 0.481 e. The van der Waals surface area contributed by atoms with Crippen LogP contribution in [-0.4, -0.2) is 23.7 Å². The molecule has 0 aliphatic heterocycles. The molecule has 114 valence electrons. The monoisotopic (exact) mass is 282 g/mol. The van der Waals surface area contributed by atoms with Crippen LogP contribution in [0.3, 0.4) is 0 Å². The molecule has 0 saturated carbocycles. The van der Waals surface area contributed by atoms with E-state index in [-0.39, 0.29) is 19.4 Å². The predicted molar refractivity (Wildman–Crippen MR) is 78.2 cm³/mol. The highest BCUT2D eigenvalue weighted by Gasteiger charge is 2.04. The molecule has 0 spiro atoms. The Morgan fingerprint density at radius 3 is 2.25 bits per heavy atom. The first-order valence-electron chi connectivity index (χ1n) is 7.50. The zero-order valence-electron chi connectivity index (χ0n) is 12.5. The van der Waals surface area contributed by atoms with E-state index in [2.05, 4.69) is 18.8 Å². The van der Waals surface area contributed by atoms with Gasteiger partial charge in [0, 0.05) is 6.42 Å². The van der Waals surface area contributed by atoms with Gasteiger partial charge < -0.3 is 9.84 Å². The third-order valence-corrected chi connectivity index (χ3v) is 2.88. The molecule has 20 heavy (non-hydrogen) atoms. The molecule has 1 N–H and O–H groups in total. The summed E-state index contributed by atoms with van der Waals surface area (Å²) in [6, 6.07) is 0. The fourth-order valence-corrected chi connectivity index (χ4v) is 1.71. The second kappa shape index (κ2) is 13.9. The Morgan fingerprint density at radius 1 is 0.950 bits per heavy atom. The van der Waals surface area contributed by atoms with Crippen LogP contribution in [0.15, 0.2) is 0 Å². The maximum absolute atomic E-state index is 11.1. The summed E-state index contributed by atoms with van der Waals surface area (Å²) in [6.07, 6.45) is 9.36. The van der Waals surface area contributed by atoms with Gasteiger partial charge in [-0.2, -0.15) is 0 Å². The lowest BCUT2D eigenvalue weighted by Crippen LogP contribution is -2.07. The number of unbranched alkanes of at least 4 members (excludes halogenated alkanes) is 7. The molecule has 0 aliphatic carbocycles. The van der Waals surface area contributed by atoms with Gasteiger partial charge in [0.1, 0.15) is 0 Å². The van der Waals surface area contributed by atoms with Crippen LogP contribution in [-0.2, 0) is 14.3 Å². The van der Waals surface area contributed by atoms with Crippen LogP contribution in [0.25, 0.3) is 0 Å². The van der Waals surface area contributed by atoms with Crippen molar-refractivity contribution in [3.63, 3.8) is 0 Å². The number of rotatable bonds is 11. The molecule has 0 saturated heterocycles. The number of carboxylic acid groups (broad SMARTS) is 1. The molecule has 4 heteroatoms. The van der Waals surface area contributed by atoms with Gasteiger partial charge in [-0.3, -0.25) is 9.59 Å². The molecule has 0 unspecified atom stereocenters. The van der Waals surface area contributed by atoms with Crippen LogP contribution in [0.1, 0.15) is 71.1 Å². The molecular weight excluding hydrogens is 256 g/mol. The lowest BCUT2D eigenvalue weighted by molar-refractivity contribution is -0.146. The van der Waals surface area contributed by atoms with Crippen molar-refractivity contribution in [3.05, 3.63) is 0 Å². The summed E-state index contributed by atoms with van der Waals surface area (Å²) in [4.78, 5) is 21.3. The molecular formula is C16H26O4. The van der Waals surface area contributed by atoms with Crippen LogP contribution >= 0.6 is 0 Å². The van der Waals surface area contributed by atoms with E-state index in [1.165, 1.54) is 38.5 Å². The van der Waals surface area contributed by atoms with E-state index in [1.54, 1.807) is 0 Å². The van der Waals surface area contributed by atoms with Crippen molar-refractivity contribution < 1.29 is 19.4 Å². The first-order chi connectivity index (χ1) is 9.66. The highest BCUT2D eigenvalue weighted by Crippen LogP contribution is 2.07. The normalized spacial score (nSPS) is 9.65. The van der Waals surface area contributed by atoms with Crippen molar-refractivity contribution in [3.8, 4) is 11.8 Å². The van der Waals surface area contributed by atoms with Gasteiger partial charge in [0.2, 0.25) is 0 Å². The number of aliphatic carboxylic acids is 1. The summed E-state index contributed by atoms with van der Waals surface area (Å²) in [6.45, 7) is 2.28. The SMILES string of the molecule is CCCCCCCCCC#CCOC(=O)CCC(=O)O. The third kappa shape index (κ3) is 14.6. The first kappa shape index (κ1) is 18.5. The highest BCUT2D eigenvalue weighted by molar-refractivity contribution is 5.76. The molecule has 0 aliphatic rings. The maximum atomic E-state index is 11.1. The summed E-state index contributed by atoms with van der Waals surface area (Å²) in [7, 11) is 0. The van der Waals surface area contributed by atoms with Gasteiger partial charge in [-0.05, 0) is 6.42 Å². The topological polar surface area (TPSA) is 63.6 Å². The van der Waals surface area contributed by atoms with Gasteiger partial charge in [0.15, 0.2) is 6.61 Å². The Bertz CT molecular complexity index is 325. The minimum absolute atomic E-state index is 0.0644. The van der Waals surface area contributed by atoms with Gasteiger partial charge in [0.05, 0.1) is 12.8 Å². The van der Waals surface area contributed by atoms with Crippen molar-refractivity contribution in [1.29, 1.82) is 0 Å². The summed E-state index contributed by atoms with van der Waals surface area (Å²) >= 11 is 0. The lowest BCUT2D eigenvalue weighted by atomic mass is 10.1. The Morgan fingerprint density at radius 2 is 1.60 bits per heavy atom. The van der Waals surface area contributed by atoms with E-state index in [0.717, 1.165) is 12.8 Å².